The van der Waals surface area contributed by atoms with Gasteiger partial charge in [0.05, 0.1) is 0 Å². The van der Waals surface area contributed by atoms with E-state index in [1.54, 1.807) is 0 Å². The molecule has 2 fully saturated rings. The molecule has 0 heterocycles. The van der Waals surface area contributed by atoms with Gasteiger partial charge in [-0.15, -0.1) is 0 Å². The highest BCUT2D eigenvalue weighted by atomic mass is 16.1. The average molecular weight is 137 g/mol. The smallest absolute Gasteiger partial charge is 0.143 e. The van der Waals surface area contributed by atoms with E-state index in [4.69, 9.17) is 0 Å². The van der Waals surface area contributed by atoms with Crippen molar-refractivity contribution in [3.63, 3.8) is 0 Å². The molecule has 10 heavy (non-hydrogen) atoms. The zero-order valence-corrected chi connectivity index (χ0v) is 6.23. The molecule has 0 aromatic carbocycles. The maximum atomic E-state index is 11.4. The predicted molar refractivity (Wildman–Crippen MR) is 39.4 cm³/mol. The predicted octanol–water partition coefficient (Wildman–Crippen LogP) is 2.11. The molecular weight excluding hydrogens is 124 g/mol. The van der Waals surface area contributed by atoms with Crippen LogP contribution in [0.3, 0.4) is 0 Å². The van der Waals surface area contributed by atoms with Crippen LogP contribution in [0.4, 0.5) is 0 Å². The highest BCUT2D eigenvalue weighted by Crippen LogP contribution is 2.39. The number of rotatable bonds is 2. The van der Waals surface area contributed by atoms with Crippen molar-refractivity contribution >= 4 is 5.78 Å². The van der Waals surface area contributed by atoms with Gasteiger partial charge in [-0.05, 0) is 25.7 Å². The lowest BCUT2D eigenvalue weighted by Gasteiger charge is -2.03. The first-order chi connectivity index (χ1) is 4.88. The second-order valence-electron chi connectivity index (χ2n) is 3.45. The Hall–Kier alpha value is -0.330. The summed E-state index contributed by atoms with van der Waals surface area (Å²) >= 11 is 0. The molecule has 0 aliphatic heterocycles. The van der Waals surface area contributed by atoms with E-state index in [2.05, 4.69) is 0 Å². The van der Waals surface area contributed by atoms with Crippen LogP contribution in [0, 0.1) is 11.8 Å². The van der Waals surface area contributed by atoms with Gasteiger partial charge in [0, 0.05) is 11.8 Å². The van der Waals surface area contributed by atoms with Gasteiger partial charge >= 0.3 is 0 Å². The maximum absolute atomic E-state index is 11.4. The van der Waals surface area contributed by atoms with Crippen LogP contribution in [0.15, 0.2) is 0 Å². The van der Waals surface area contributed by atoms with Crippen LogP contribution in [0.1, 0.15) is 38.5 Å². The van der Waals surface area contributed by atoms with Crippen molar-refractivity contribution in [3.8, 4) is 0 Å². The molecule has 0 atom stereocenters. The van der Waals surface area contributed by atoms with Crippen molar-refractivity contribution in [3.05, 3.63) is 5.92 Å². The molecule has 0 saturated heterocycles. The first kappa shape index (κ1) is 6.38. The van der Waals surface area contributed by atoms with E-state index in [-0.39, 0.29) is 0 Å². The Morgan fingerprint density at radius 2 is 1.80 bits per heavy atom. The summed E-state index contributed by atoms with van der Waals surface area (Å²) in [7, 11) is 0. The summed E-state index contributed by atoms with van der Waals surface area (Å²) in [5, 5.41) is 0. The Kier molecular flexibility index (Phi) is 1.51. The second-order valence-corrected chi connectivity index (χ2v) is 3.45. The first-order valence-corrected chi connectivity index (χ1v) is 4.27. The van der Waals surface area contributed by atoms with Crippen molar-refractivity contribution in [1.29, 1.82) is 0 Å². The minimum atomic E-state index is 0.442. The molecule has 1 radical (unpaired) electrons. The Bertz CT molecular complexity index is 141. The SMILES string of the molecule is O=C([C]1CC1)C1CCCC1. The second kappa shape index (κ2) is 2.37. The van der Waals surface area contributed by atoms with Crippen molar-refractivity contribution in [2.75, 3.05) is 0 Å². The van der Waals surface area contributed by atoms with Gasteiger partial charge in [0.25, 0.3) is 0 Å². The van der Waals surface area contributed by atoms with Gasteiger partial charge in [0.2, 0.25) is 0 Å². The normalized spacial score (nSPS) is 27.2. The minimum absolute atomic E-state index is 0.442. The number of hydrogen-bond donors (Lipinski definition) is 0. The fraction of sp³-hybridized carbons (Fsp3) is 0.778. The quantitative estimate of drug-likeness (QED) is 0.569. The Morgan fingerprint density at radius 1 is 1.20 bits per heavy atom. The molecule has 1 heteroatoms. The van der Waals surface area contributed by atoms with Gasteiger partial charge in [-0.1, -0.05) is 12.8 Å². The van der Waals surface area contributed by atoms with Gasteiger partial charge in [-0.25, -0.2) is 0 Å². The molecule has 0 spiro atoms. The molecule has 0 unspecified atom stereocenters. The highest BCUT2D eigenvalue weighted by Gasteiger charge is 2.36. The first-order valence-electron chi connectivity index (χ1n) is 4.27. The number of carbonyl (C=O) groups is 1. The molecule has 2 aliphatic carbocycles. The number of carbonyl (C=O) groups excluding carboxylic acids is 1. The van der Waals surface area contributed by atoms with Gasteiger partial charge < -0.3 is 0 Å². The van der Waals surface area contributed by atoms with E-state index in [1.807, 2.05) is 0 Å². The molecule has 0 bridgehead atoms. The standard InChI is InChI=1S/C9H13O/c10-9(8-5-6-8)7-3-1-2-4-7/h7H,1-6H2. The third-order valence-electron chi connectivity index (χ3n) is 2.57. The molecule has 1 nitrogen and oxygen atoms in total. The monoisotopic (exact) mass is 137 g/mol. The maximum Gasteiger partial charge on any atom is 0.143 e. The molecule has 2 rings (SSSR count). The third kappa shape index (κ3) is 1.09. The summed E-state index contributed by atoms with van der Waals surface area (Å²) < 4.78 is 0. The van der Waals surface area contributed by atoms with E-state index in [0.717, 1.165) is 12.8 Å². The topological polar surface area (TPSA) is 17.1 Å². The van der Waals surface area contributed by atoms with E-state index in [0.29, 0.717) is 11.7 Å². The van der Waals surface area contributed by atoms with E-state index < -0.39 is 0 Å². The number of hydrogen-bond acceptors (Lipinski definition) is 1. The lowest BCUT2D eigenvalue weighted by atomic mass is 9.99. The third-order valence-corrected chi connectivity index (χ3v) is 2.57. The van der Waals surface area contributed by atoms with E-state index in [9.17, 15) is 4.79 Å². The fourth-order valence-electron chi connectivity index (χ4n) is 1.79. The zero-order valence-electron chi connectivity index (χ0n) is 6.23. The van der Waals surface area contributed by atoms with Crippen LogP contribution >= 0.6 is 0 Å². The largest absolute Gasteiger partial charge is 0.299 e. The highest BCUT2D eigenvalue weighted by molar-refractivity contribution is 5.97. The minimum Gasteiger partial charge on any atom is -0.299 e. The summed E-state index contributed by atoms with van der Waals surface area (Å²) in [5.41, 5.74) is 0. The Labute approximate surface area is 61.8 Å². The lowest BCUT2D eigenvalue weighted by molar-refractivity contribution is -0.119. The van der Waals surface area contributed by atoms with Crippen molar-refractivity contribution < 1.29 is 4.79 Å². The van der Waals surface area contributed by atoms with Crippen LogP contribution in [0.5, 0.6) is 0 Å². The number of Topliss-reactive ketones (excluding diaryl/α,β-unsaturated/α-hetero) is 1. The van der Waals surface area contributed by atoms with Crippen LogP contribution in [-0.2, 0) is 4.79 Å². The van der Waals surface area contributed by atoms with Crippen LogP contribution in [-0.4, -0.2) is 5.78 Å². The molecule has 2 saturated carbocycles. The molecule has 0 aromatic rings. The summed E-state index contributed by atoms with van der Waals surface area (Å²) in [6, 6.07) is 0. The summed E-state index contributed by atoms with van der Waals surface area (Å²) in [6.45, 7) is 0. The van der Waals surface area contributed by atoms with Crippen LogP contribution in [0.2, 0.25) is 0 Å². The Balaban J connectivity index is 1.90. The molecule has 55 valence electrons. The zero-order chi connectivity index (χ0) is 6.97. The lowest BCUT2D eigenvalue weighted by Crippen LogP contribution is -2.10. The van der Waals surface area contributed by atoms with Gasteiger partial charge in [0.1, 0.15) is 5.78 Å². The van der Waals surface area contributed by atoms with Crippen LogP contribution < -0.4 is 0 Å². The molecular formula is C9H13O. The van der Waals surface area contributed by atoms with Gasteiger partial charge in [0.15, 0.2) is 0 Å². The van der Waals surface area contributed by atoms with Gasteiger partial charge in [-0.2, -0.15) is 0 Å². The molecule has 2 aliphatic rings. The van der Waals surface area contributed by atoms with E-state index >= 15 is 0 Å². The van der Waals surface area contributed by atoms with Crippen molar-refractivity contribution in [2.24, 2.45) is 5.92 Å². The summed E-state index contributed by atoms with van der Waals surface area (Å²) in [5.74, 6) is 2.18. The average Bonchev–Trinajstić information content (AvgIpc) is 2.65. The number of ketones is 1. The Morgan fingerprint density at radius 3 is 2.30 bits per heavy atom. The molecule has 0 aromatic heterocycles. The van der Waals surface area contributed by atoms with E-state index in [1.165, 1.54) is 31.6 Å². The van der Waals surface area contributed by atoms with Crippen molar-refractivity contribution in [1.82, 2.24) is 0 Å². The fourth-order valence-corrected chi connectivity index (χ4v) is 1.79. The molecule has 0 amide bonds. The summed E-state index contributed by atoms with van der Waals surface area (Å²) in [4.78, 5) is 11.4. The van der Waals surface area contributed by atoms with Crippen LogP contribution in [0.25, 0.3) is 0 Å². The summed E-state index contributed by atoms with van der Waals surface area (Å²) in [6.07, 6.45) is 7.11. The van der Waals surface area contributed by atoms with Crippen molar-refractivity contribution in [2.45, 2.75) is 38.5 Å². The van der Waals surface area contributed by atoms with Gasteiger partial charge in [-0.3, -0.25) is 4.79 Å². The molecule has 0 N–H and O–H groups in total.